The van der Waals surface area contributed by atoms with Crippen LogP contribution >= 0.6 is 0 Å². The molecule has 0 bridgehead atoms. The summed E-state index contributed by atoms with van der Waals surface area (Å²) in [6, 6.07) is 7.66. The Morgan fingerprint density at radius 2 is 1.63 bits per heavy atom. The number of rotatable bonds is 9. The third kappa shape index (κ3) is 7.29. The van der Waals surface area contributed by atoms with E-state index in [1.54, 1.807) is 13.8 Å². The fourth-order valence-electron chi connectivity index (χ4n) is 2.47. The molecule has 1 aromatic carbocycles. The lowest BCUT2D eigenvalue weighted by Gasteiger charge is -2.26. The van der Waals surface area contributed by atoms with Gasteiger partial charge in [0.25, 0.3) is 0 Å². The van der Waals surface area contributed by atoms with Gasteiger partial charge in [0.1, 0.15) is 18.7 Å². The van der Waals surface area contributed by atoms with Gasteiger partial charge >= 0.3 is 12.1 Å². The first-order valence-corrected chi connectivity index (χ1v) is 9.15. The lowest BCUT2D eigenvalue weighted by atomic mass is 9.97. The van der Waals surface area contributed by atoms with Crippen molar-refractivity contribution in [3.05, 3.63) is 35.9 Å². The van der Waals surface area contributed by atoms with Crippen LogP contribution in [0.1, 0.15) is 39.7 Å². The molecule has 0 fully saturated rings. The van der Waals surface area contributed by atoms with Gasteiger partial charge in [-0.05, 0) is 17.4 Å². The van der Waals surface area contributed by atoms with Gasteiger partial charge in [-0.1, -0.05) is 64.4 Å². The molecule has 1 aromatic rings. The average Bonchev–Trinajstić information content (AvgIpc) is 2.67. The van der Waals surface area contributed by atoms with Gasteiger partial charge in [0.2, 0.25) is 5.91 Å². The first kappa shape index (κ1) is 22.5. The molecule has 0 aliphatic rings. The zero-order chi connectivity index (χ0) is 20.4. The second-order valence-electron chi connectivity index (χ2n) is 6.82. The number of methoxy groups -OCH3 is 1. The predicted molar refractivity (Wildman–Crippen MR) is 102 cm³/mol. The number of alkyl carbamates (subject to hydrolysis) is 1. The maximum absolute atomic E-state index is 12.7. The van der Waals surface area contributed by atoms with Crippen molar-refractivity contribution in [3.8, 4) is 0 Å². The van der Waals surface area contributed by atoms with Gasteiger partial charge in [0.15, 0.2) is 0 Å². The van der Waals surface area contributed by atoms with Gasteiger partial charge in [-0.25, -0.2) is 9.59 Å². The smallest absolute Gasteiger partial charge is 0.408 e. The van der Waals surface area contributed by atoms with Crippen molar-refractivity contribution >= 4 is 18.0 Å². The zero-order valence-corrected chi connectivity index (χ0v) is 16.7. The summed E-state index contributed by atoms with van der Waals surface area (Å²) in [5.41, 5.74) is 0.848. The van der Waals surface area contributed by atoms with Gasteiger partial charge in [0.05, 0.1) is 7.11 Å². The molecule has 0 saturated carbocycles. The summed E-state index contributed by atoms with van der Waals surface area (Å²) in [7, 11) is 1.28. The maximum Gasteiger partial charge on any atom is 0.408 e. The highest BCUT2D eigenvalue weighted by molar-refractivity contribution is 5.89. The first-order chi connectivity index (χ1) is 12.8. The maximum atomic E-state index is 12.7. The Hall–Kier alpha value is -2.57. The number of esters is 1. The number of hydrogen-bond donors (Lipinski definition) is 2. The number of nitrogens with one attached hydrogen (secondary N) is 2. The van der Waals surface area contributed by atoms with Crippen LogP contribution in [0.4, 0.5) is 4.79 Å². The van der Waals surface area contributed by atoms with Crippen LogP contribution in [0, 0.1) is 11.8 Å². The van der Waals surface area contributed by atoms with E-state index in [0.29, 0.717) is 6.42 Å². The highest BCUT2D eigenvalue weighted by Crippen LogP contribution is 2.11. The summed E-state index contributed by atoms with van der Waals surface area (Å²) in [4.78, 5) is 36.7. The van der Waals surface area contributed by atoms with Gasteiger partial charge in [-0.2, -0.15) is 0 Å². The minimum atomic E-state index is -0.829. The van der Waals surface area contributed by atoms with Crippen LogP contribution in [0.5, 0.6) is 0 Å². The Morgan fingerprint density at radius 1 is 1.00 bits per heavy atom. The van der Waals surface area contributed by atoms with Crippen LogP contribution in [0.2, 0.25) is 0 Å². The van der Waals surface area contributed by atoms with Crippen molar-refractivity contribution in [2.45, 2.75) is 52.8 Å². The van der Waals surface area contributed by atoms with Crippen molar-refractivity contribution in [2.75, 3.05) is 7.11 Å². The quantitative estimate of drug-likeness (QED) is 0.644. The van der Waals surface area contributed by atoms with E-state index >= 15 is 0 Å². The van der Waals surface area contributed by atoms with Crippen LogP contribution in [-0.4, -0.2) is 37.2 Å². The fourth-order valence-corrected chi connectivity index (χ4v) is 2.47. The standard InChI is InChI=1S/C20H30N2O5/c1-6-14(4)17(19(24)26-5)21-18(23)16(13(2)3)22-20(25)27-12-15-10-8-7-9-11-15/h7-11,13-14,16-17H,6,12H2,1-5H3,(H,21,23)(H,22,25)/t14-,16-,17-/m1/s1. The summed E-state index contributed by atoms with van der Waals surface area (Å²) in [5, 5.41) is 5.28. The molecular formula is C20H30N2O5. The highest BCUT2D eigenvalue weighted by atomic mass is 16.5. The fraction of sp³-hybridized carbons (Fsp3) is 0.550. The Morgan fingerprint density at radius 3 is 2.15 bits per heavy atom. The number of ether oxygens (including phenoxy) is 2. The Kier molecular flexibility index (Phi) is 9.33. The number of carbonyl (C=O) groups is 3. The lowest BCUT2D eigenvalue weighted by molar-refractivity contribution is -0.147. The SMILES string of the molecule is CC[C@@H](C)[C@@H](NC(=O)[C@H](NC(=O)OCc1ccccc1)C(C)C)C(=O)OC. The topological polar surface area (TPSA) is 93.7 Å². The summed E-state index contributed by atoms with van der Waals surface area (Å²) >= 11 is 0. The van der Waals surface area contributed by atoms with E-state index in [1.165, 1.54) is 7.11 Å². The molecular weight excluding hydrogens is 348 g/mol. The monoisotopic (exact) mass is 378 g/mol. The normalized spacial score (nSPS) is 14.0. The molecule has 0 aliphatic carbocycles. The molecule has 0 radical (unpaired) electrons. The van der Waals surface area contributed by atoms with Crippen molar-refractivity contribution in [1.82, 2.24) is 10.6 Å². The highest BCUT2D eigenvalue weighted by Gasteiger charge is 2.32. The molecule has 0 saturated heterocycles. The number of carbonyl (C=O) groups excluding carboxylic acids is 3. The molecule has 150 valence electrons. The average molecular weight is 378 g/mol. The minimum absolute atomic E-state index is 0.0979. The van der Waals surface area contributed by atoms with E-state index in [0.717, 1.165) is 5.56 Å². The van der Waals surface area contributed by atoms with E-state index < -0.39 is 30.1 Å². The van der Waals surface area contributed by atoms with Crippen LogP contribution in [-0.2, 0) is 25.7 Å². The number of benzene rings is 1. The predicted octanol–water partition coefficient (Wildman–Crippen LogP) is 2.64. The number of hydrogen-bond acceptors (Lipinski definition) is 5. The van der Waals surface area contributed by atoms with Gasteiger partial charge in [-0.3, -0.25) is 4.79 Å². The van der Waals surface area contributed by atoms with Crippen molar-refractivity contribution in [3.63, 3.8) is 0 Å². The summed E-state index contributed by atoms with van der Waals surface area (Å²) in [6.07, 6.45) is 0.00437. The minimum Gasteiger partial charge on any atom is -0.467 e. The largest absolute Gasteiger partial charge is 0.467 e. The molecule has 7 heteroatoms. The summed E-state index contributed by atoms with van der Waals surface area (Å²) < 4.78 is 9.96. The van der Waals surface area contributed by atoms with E-state index in [4.69, 9.17) is 9.47 Å². The van der Waals surface area contributed by atoms with E-state index in [1.807, 2.05) is 44.2 Å². The molecule has 0 unspecified atom stereocenters. The second kappa shape index (κ2) is 11.2. The molecule has 3 atom stereocenters. The molecule has 0 aromatic heterocycles. The zero-order valence-electron chi connectivity index (χ0n) is 16.7. The molecule has 27 heavy (non-hydrogen) atoms. The van der Waals surface area contributed by atoms with Crippen LogP contribution in [0.3, 0.4) is 0 Å². The summed E-state index contributed by atoms with van der Waals surface area (Å²) in [5.74, 6) is -1.24. The van der Waals surface area contributed by atoms with Crippen molar-refractivity contribution in [2.24, 2.45) is 11.8 Å². The molecule has 0 spiro atoms. The molecule has 1 rings (SSSR count). The second-order valence-corrected chi connectivity index (χ2v) is 6.82. The van der Waals surface area contributed by atoms with Crippen molar-refractivity contribution in [1.29, 1.82) is 0 Å². The third-order valence-electron chi connectivity index (χ3n) is 4.40. The van der Waals surface area contributed by atoms with E-state index in [2.05, 4.69) is 10.6 Å². The Bertz CT molecular complexity index is 618. The molecule has 2 amide bonds. The Balaban J connectivity index is 2.71. The molecule has 2 N–H and O–H groups in total. The van der Waals surface area contributed by atoms with Gasteiger partial charge in [0, 0.05) is 0 Å². The van der Waals surface area contributed by atoms with Crippen LogP contribution < -0.4 is 10.6 Å². The van der Waals surface area contributed by atoms with E-state index in [9.17, 15) is 14.4 Å². The van der Waals surface area contributed by atoms with E-state index in [-0.39, 0.29) is 18.4 Å². The third-order valence-corrected chi connectivity index (χ3v) is 4.40. The van der Waals surface area contributed by atoms with Gasteiger partial charge < -0.3 is 20.1 Å². The first-order valence-electron chi connectivity index (χ1n) is 9.15. The van der Waals surface area contributed by atoms with Crippen LogP contribution in [0.15, 0.2) is 30.3 Å². The van der Waals surface area contributed by atoms with Gasteiger partial charge in [-0.15, -0.1) is 0 Å². The summed E-state index contributed by atoms with van der Waals surface area (Å²) in [6.45, 7) is 7.49. The molecule has 7 nitrogen and oxygen atoms in total. The molecule has 0 aliphatic heterocycles. The number of amides is 2. The lowest BCUT2D eigenvalue weighted by Crippen LogP contribution is -2.55. The Labute approximate surface area is 160 Å². The van der Waals surface area contributed by atoms with Crippen LogP contribution in [0.25, 0.3) is 0 Å². The van der Waals surface area contributed by atoms with Crippen molar-refractivity contribution < 1.29 is 23.9 Å². The molecule has 0 heterocycles.